The van der Waals surface area contributed by atoms with Crippen LogP contribution in [0, 0.1) is 5.41 Å². The van der Waals surface area contributed by atoms with E-state index in [1.165, 1.54) is 0 Å². The van der Waals surface area contributed by atoms with E-state index in [2.05, 4.69) is 5.32 Å². The smallest absolute Gasteiger partial charge is 0.326 e. The molecule has 2 amide bonds. The van der Waals surface area contributed by atoms with E-state index in [0.717, 1.165) is 19.3 Å². The van der Waals surface area contributed by atoms with Crippen LogP contribution in [0.3, 0.4) is 0 Å². The van der Waals surface area contributed by atoms with E-state index in [-0.39, 0.29) is 30.6 Å². The molecule has 0 saturated heterocycles. The molecule has 0 radical (unpaired) electrons. The Bertz CT molecular complexity index is 360. The van der Waals surface area contributed by atoms with Gasteiger partial charge in [0.05, 0.1) is 0 Å². The number of hydrogen-bond donors (Lipinski definition) is 4. The van der Waals surface area contributed by atoms with Gasteiger partial charge in [-0.25, -0.2) is 4.79 Å². The third-order valence-corrected chi connectivity index (χ3v) is 3.70. The van der Waals surface area contributed by atoms with Crippen LogP contribution in [0.1, 0.15) is 38.5 Å². The molecule has 0 aliphatic heterocycles. The highest BCUT2D eigenvalue weighted by Gasteiger charge is 2.38. The maximum atomic E-state index is 11.8. The van der Waals surface area contributed by atoms with Gasteiger partial charge in [0.2, 0.25) is 11.8 Å². The van der Waals surface area contributed by atoms with Gasteiger partial charge in [-0.1, -0.05) is 6.42 Å². The minimum atomic E-state index is -1.16. The monoisotopic (exact) mass is 271 g/mol. The Kier molecular flexibility index (Phi) is 5.29. The fourth-order valence-corrected chi connectivity index (χ4v) is 2.26. The van der Waals surface area contributed by atoms with E-state index in [1.807, 2.05) is 0 Å². The number of carbonyl (C=O) groups excluding carboxylic acids is 2. The quantitative estimate of drug-likeness (QED) is 0.464. The SMILES string of the molecule is NCC1(CC(=O)N[C@H](CCC(N)=O)C(=O)O)CCC1. The highest BCUT2D eigenvalue weighted by atomic mass is 16.4. The van der Waals surface area contributed by atoms with Crippen molar-refractivity contribution in [2.75, 3.05) is 6.54 Å². The number of rotatable bonds is 8. The molecule has 1 aliphatic carbocycles. The van der Waals surface area contributed by atoms with Gasteiger partial charge in [0.15, 0.2) is 0 Å². The van der Waals surface area contributed by atoms with Crippen molar-refractivity contribution in [3.8, 4) is 0 Å². The first-order chi connectivity index (χ1) is 8.88. The zero-order valence-electron chi connectivity index (χ0n) is 10.9. The summed E-state index contributed by atoms with van der Waals surface area (Å²) in [5.41, 5.74) is 10.4. The second-order valence-electron chi connectivity index (χ2n) is 5.20. The minimum Gasteiger partial charge on any atom is -0.480 e. The lowest BCUT2D eigenvalue weighted by atomic mass is 9.66. The Hall–Kier alpha value is -1.63. The van der Waals surface area contributed by atoms with Gasteiger partial charge in [0.1, 0.15) is 6.04 Å². The van der Waals surface area contributed by atoms with Crippen LogP contribution in [-0.2, 0) is 14.4 Å². The molecule has 0 unspecified atom stereocenters. The molecule has 0 bridgehead atoms. The summed E-state index contributed by atoms with van der Waals surface area (Å²) in [6.07, 6.45) is 3.02. The molecule has 108 valence electrons. The predicted molar refractivity (Wildman–Crippen MR) is 68.0 cm³/mol. The first-order valence-electron chi connectivity index (χ1n) is 6.39. The highest BCUT2D eigenvalue weighted by Crippen LogP contribution is 2.42. The standard InChI is InChI=1S/C12H21N3O4/c13-7-12(4-1-5-12)6-10(17)15-8(11(18)19)2-3-9(14)16/h8H,1-7,13H2,(H2,14,16)(H,15,17)(H,18,19)/t8-/m1/s1. The molecule has 1 atom stereocenters. The summed E-state index contributed by atoms with van der Waals surface area (Å²) in [5.74, 6) is -2.08. The number of hydrogen-bond acceptors (Lipinski definition) is 4. The molecule has 0 heterocycles. The number of amides is 2. The average molecular weight is 271 g/mol. The Morgan fingerprint density at radius 3 is 2.32 bits per heavy atom. The number of carbonyl (C=O) groups is 3. The first-order valence-corrected chi connectivity index (χ1v) is 6.39. The third-order valence-electron chi connectivity index (χ3n) is 3.70. The van der Waals surface area contributed by atoms with E-state index < -0.39 is 17.9 Å². The number of carboxylic acids is 1. The number of nitrogens with two attached hydrogens (primary N) is 2. The molecule has 7 nitrogen and oxygen atoms in total. The summed E-state index contributed by atoms with van der Waals surface area (Å²) in [5, 5.41) is 11.4. The molecule has 1 saturated carbocycles. The zero-order valence-corrected chi connectivity index (χ0v) is 10.9. The van der Waals surface area contributed by atoms with E-state index in [0.29, 0.717) is 6.54 Å². The molecule has 7 heteroatoms. The largest absolute Gasteiger partial charge is 0.480 e. The van der Waals surface area contributed by atoms with Crippen molar-refractivity contribution >= 4 is 17.8 Å². The number of nitrogens with one attached hydrogen (secondary N) is 1. The summed E-state index contributed by atoms with van der Waals surface area (Å²) in [6, 6.07) is -1.07. The fraction of sp³-hybridized carbons (Fsp3) is 0.750. The summed E-state index contributed by atoms with van der Waals surface area (Å²) < 4.78 is 0. The summed E-state index contributed by atoms with van der Waals surface area (Å²) in [6.45, 7) is 0.430. The molecule has 0 aromatic carbocycles. The van der Waals surface area contributed by atoms with Crippen molar-refractivity contribution in [1.29, 1.82) is 0 Å². The lowest BCUT2D eigenvalue weighted by molar-refractivity contribution is -0.142. The Labute approximate surface area is 111 Å². The van der Waals surface area contributed by atoms with Crippen LogP contribution < -0.4 is 16.8 Å². The molecule has 1 rings (SSSR count). The first kappa shape index (κ1) is 15.4. The van der Waals surface area contributed by atoms with Gasteiger partial charge in [-0.3, -0.25) is 9.59 Å². The molecule has 0 aromatic rings. The highest BCUT2D eigenvalue weighted by molar-refractivity contribution is 5.84. The molecule has 6 N–H and O–H groups in total. The normalized spacial score (nSPS) is 18.2. The van der Waals surface area contributed by atoms with E-state index in [9.17, 15) is 14.4 Å². The summed E-state index contributed by atoms with van der Waals surface area (Å²) in [7, 11) is 0. The van der Waals surface area contributed by atoms with Gasteiger partial charge >= 0.3 is 5.97 Å². The Morgan fingerprint density at radius 1 is 1.32 bits per heavy atom. The molecular weight excluding hydrogens is 250 g/mol. The molecule has 19 heavy (non-hydrogen) atoms. The van der Waals surface area contributed by atoms with Crippen LogP contribution in [0.2, 0.25) is 0 Å². The zero-order chi connectivity index (χ0) is 14.5. The molecule has 0 aromatic heterocycles. The Morgan fingerprint density at radius 2 is 1.95 bits per heavy atom. The van der Waals surface area contributed by atoms with Crippen molar-refractivity contribution in [2.45, 2.75) is 44.6 Å². The number of aliphatic carboxylic acids is 1. The van der Waals surface area contributed by atoms with Crippen molar-refractivity contribution in [2.24, 2.45) is 16.9 Å². The topological polar surface area (TPSA) is 136 Å². The van der Waals surface area contributed by atoms with Gasteiger partial charge in [0, 0.05) is 12.8 Å². The summed E-state index contributed by atoms with van der Waals surface area (Å²) >= 11 is 0. The van der Waals surface area contributed by atoms with Crippen LogP contribution in [0.25, 0.3) is 0 Å². The second-order valence-corrected chi connectivity index (χ2v) is 5.20. The van der Waals surface area contributed by atoms with Crippen LogP contribution in [-0.4, -0.2) is 35.5 Å². The van der Waals surface area contributed by atoms with E-state index >= 15 is 0 Å². The molecule has 0 spiro atoms. The van der Waals surface area contributed by atoms with Crippen molar-refractivity contribution < 1.29 is 19.5 Å². The third kappa shape index (κ3) is 4.51. The van der Waals surface area contributed by atoms with Crippen molar-refractivity contribution in [3.63, 3.8) is 0 Å². The number of carboxylic acid groups (broad SMARTS) is 1. The maximum absolute atomic E-state index is 11.8. The molecule has 1 fully saturated rings. The van der Waals surface area contributed by atoms with Crippen molar-refractivity contribution in [1.82, 2.24) is 5.32 Å². The minimum absolute atomic E-state index is 0.00598. The van der Waals surface area contributed by atoms with Crippen LogP contribution in [0.15, 0.2) is 0 Å². The second kappa shape index (κ2) is 6.51. The molecular formula is C12H21N3O4. The van der Waals surface area contributed by atoms with Crippen LogP contribution in [0.5, 0.6) is 0 Å². The van der Waals surface area contributed by atoms with Crippen LogP contribution >= 0.6 is 0 Å². The maximum Gasteiger partial charge on any atom is 0.326 e. The van der Waals surface area contributed by atoms with Gasteiger partial charge in [-0.15, -0.1) is 0 Å². The Balaban J connectivity index is 2.47. The fourth-order valence-electron chi connectivity index (χ4n) is 2.26. The van der Waals surface area contributed by atoms with Crippen molar-refractivity contribution in [3.05, 3.63) is 0 Å². The lowest BCUT2D eigenvalue weighted by Crippen LogP contribution is -2.46. The van der Waals surface area contributed by atoms with Gasteiger partial charge in [-0.05, 0) is 31.2 Å². The summed E-state index contributed by atoms with van der Waals surface area (Å²) in [4.78, 5) is 33.4. The van der Waals surface area contributed by atoms with E-state index in [4.69, 9.17) is 16.6 Å². The van der Waals surface area contributed by atoms with Crippen LogP contribution in [0.4, 0.5) is 0 Å². The van der Waals surface area contributed by atoms with Gasteiger partial charge in [0.25, 0.3) is 0 Å². The predicted octanol–water partition coefficient (Wildman–Crippen LogP) is -0.660. The lowest BCUT2D eigenvalue weighted by Gasteiger charge is -2.40. The molecule has 1 aliphatic rings. The van der Waals surface area contributed by atoms with Gasteiger partial charge < -0.3 is 21.9 Å². The van der Waals surface area contributed by atoms with E-state index in [1.54, 1.807) is 0 Å². The average Bonchev–Trinajstić information content (AvgIpc) is 2.28. The number of primary amides is 1. The van der Waals surface area contributed by atoms with Gasteiger partial charge in [-0.2, -0.15) is 0 Å².